The lowest BCUT2D eigenvalue weighted by atomic mass is 9.90. The molecule has 0 radical (unpaired) electrons. The molecule has 3 saturated heterocycles. The molecule has 1 aromatic heterocycles. The van der Waals surface area contributed by atoms with E-state index in [1.54, 1.807) is 6.20 Å². The molecular formula is C18H26N4O4. The zero-order chi connectivity index (χ0) is 18.1. The second-order valence-electron chi connectivity index (χ2n) is 7.30. The van der Waals surface area contributed by atoms with E-state index in [0.29, 0.717) is 39.1 Å². The molecule has 26 heavy (non-hydrogen) atoms. The first-order valence-corrected chi connectivity index (χ1v) is 9.25. The van der Waals surface area contributed by atoms with E-state index in [4.69, 9.17) is 15.2 Å². The quantitative estimate of drug-likeness (QED) is 0.630. The molecule has 142 valence electrons. The molecule has 3 aliphatic heterocycles. The summed E-state index contributed by atoms with van der Waals surface area (Å²) in [5.74, 6) is -0.319. The number of carbonyl (C=O) groups is 1. The van der Waals surface area contributed by atoms with Gasteiger partial charge in [0, 0.05) is 18.7 Å². The fourth-order valence-electron chi connectivity index (χ4n) is 4.25. The first kappa shape index (κ1) is 17.8. The highest BCUT2D eigenvalue weighted by Crippen LogP contribution is 2.33. The van der Waals surface area contributed by atoms with Gasteiger partial charge in [0.05, 0.1) is 30.5 Å². The van der Waals surface area contributed by atoms with Crippen molar-refractivity contribution >= 4 is 5.91 Å². The number of aromatic nitrogens is 1. The Labute approximate surface area is 152 Å². The van der Waals surface area contributed by atoms with Crippen LogP contribution >= 0.6 is 0 Å². The Kier molecular flexibility index (Phi) is 5.19. The molecule has 2 bridgehead atoms. The maximum Gasteiger partial charge on any atom is 0.220 e. The number of nitrogens with one attached hydrogen (secondary N) is 1. The van der Waals surface area contributed by atoms with Crippen molar-refractivity contribution in [2.75, 3.05) is 19.7 Å². The van der Waals surface area contributed by atoms with Crippen molar-refractivity contribution in [3.63, 3.8) is 0 Å². The Morgan fingerprint density at radius 3 is 2.88 bits per heavy atom. The zero-order valence-electron chi connectivity index (χ0n) is 14.7. The lowest BCUT2D eigenvalue weighted by Crippen LogP contribution is -2.65. The van der Waals surface area contributed by atoms with Crippen molar-refractivity contribution in [3.05, 3.63) is 30.1 Å². The Bertz CT molecular complexity index is 623. The van der Waals surface area contributed by atoms with E-state index in [-0.39, 0.29) is 30.0 Å². The van der Waals surface area contributed by atoms with Crippen molar-refractivity contribution < 1.29 is 19.4 Å². The van der Waals surface area contributed by atoms with Gasteiger partial charge in [0.25, 0.3) is 0 Å². The van der Waals surface area contributed by atoms with Crippen LogP contribution in [-0.4, -0.2) is 71.2 Å². The summed E-state index contributed by atoms with van der Waals surface area (Å²) in [4.78, 5) is 17.9. The van der Waals surface area contributed by atoms with Crippen LogP contribution < -0.4 is 11.1 Å². The van der Waals surface area contributed by atoms with E-state index < -0.39 is 12.4 Å². The molecule has 3 aliphatic rings. The Morgan fingerprint density at radius 2 is 2.19 bits per heavy atom. The number of rotatable bonds is 5. The molecular weight excluding hydrogens is 336 g/mol. The summed E-state index contributed by atoms with van der Waals surface area (Å²) < 4.78 is 11.8. The third-order valence-corrected chi connectivity index (χ3v) is 5.73. The number of nitrogens with two attached hydrogens (primary N) is 1. The lowest BCUT2D eigenvalue weighted by Gasteiger charge is -2.45. The van der Waals surface area contributed by atoms with E-state index in [1.165, 1.54) is 0 Å². The van der Waals surface area contributed by atoms with Gasteiger partial charge in [0.2, 0.25) is 5.91 Å². The third-order valence-electron chi connectivity index (χ3n) is 5.73. The highest BCUT2D eigenvalue weighted by Gasteiger charge is 2.52. The lowest BCUT2D eigenvalue weighted by molar-refractivity contribution is -0.186. The Hall–Kier alpha value is -1.58. The van der Waals surface area contributed by atoms with Crippen molar-refractivity contribution in [3.8, 4) is 0 Å². The molecule has 1 aromatic rings. The van der Waals surface area contributed by atoms with Crippen LogP contribution in [0.5, 0.6) is 0 Å². The molecule has 3 fully saturated rings. The molecule has 4 rings (SSSR count). The number of hydrogen-bond acceptors (Lipinski definition) is 7. The topological polar surface area (TPSA) is 110 Å². The summed E-state index contributed by atoms with van der Waals surface area (Å²) in [5, 5.41) is 14.4. The SMILES string of the molecule is NC(=O)C1CCN([C@H]2[C@@H]3OC[C@H](O3)[C@H](NCc3ccccn3)[C@@H]2O)CC1. The maximum atomic E-state index is 11.4. The highest BCUT2D eigenvalue weighted by atomic mass is 16.7. The fraction of sp³-hybridized carbons (Fsp3) is 0.667. The number of amides is 1. The van der Waals surface area contributed by atoms with Crippen LogP contribution in [0, 0.1) is 5.92 Å². The molecule has 0 spiro atoms. The number of hydrogen-bond donors (Lipinski definition) is 3. The second kappa shape index (κ2) is 7.58. The van der Waals surface area contributed by atoms with Gasteiger partial charge in [-0.2, -0.15) is 0 Å². The average molecular weight is 362 g/mol. The normalized spacial score (nSPS) is 35.5. The minimum Gasteiger partial charge on any atom is -0.390 e. The van der Waals surface area contributed by atoms with Crippen LogP contribution in [-0.2, 0) is 20.8 Å². The van der Waals surface area contributed by atoms with Crippen LogP contribution in [0.3, 0.4) is 0 Å². The monoisotopic (exact) mass is 362 g/mol. The van der Waals surface area contributed by atoms with Crippen molar-refractivity contribution in [2.45, 2.75) is 50.0 Å². The minimum absolute atomic E-state index is 0.0803. The summed E-state index contributed by atoms with van der Waals surface area (Å²) in [5.41, 5.74) is 6.34. The number of likely N-dealkylation sites (tertiary alicyclic amines) is 1. The van der Waals surface area contributed by atoms with E-state index in [9.17, 15) is 9.90 Å². The van der Waals surface area contributed by atoms with E-state index in [0.717, 1.165) is 5.69 Å². The predicted octanol–water partition coefficient (Wildman–Crippen LogP) is -0.778. The molecule has 4 N–H and O–H groups in total. The van der Waals surface area contributed by atoms with E-state index in [2.05, 4.69) is 15.2 Å². The van der Waals surface area contributed by atoms with Gasteiger partial charge in [-0.1, -0.05) is 6.07 Å². The van der Waals surface area contributed by atoms with Gasteiger partial charge < -0.3 is 25.6 Å². The van der Waals surface area contributed by atoms with Crippen molar-refractivity contribution in [1.82, 2.24) is 15.2 Å². The van der Waals surface area contributed by atoms with Gasteiger partial charge in [-0.25, -0.2) is 0 Å². The predicted molar refractivity (Wildman–Crippen MR) is 92.8 cm³/mol. The number of ether oxygens (including phenoxy) is 2. The van der Waals surface area contributed by atoms with Crippen LogP contribution in [0.2, 0.25) is 0 Å². The summed E-state index contributed by atoms with van der Waals surface area (Å²) >= 11 is 0. The number of aliphatic hydroxyl groups is 1. The number of fused-ring (bicyclic) bond motifs is 2. The summed E-state index contributed by atoms with van der Waals surface area (Å²) in [7, 11) is 0. The maximum absolute atomic E-state index is 11.4. The van der Waals surface area contributed by atoms with E-state index >= 15 is 0 Å². The van der Waals surface area contributed by atoms with Gasteiger partial charge in [-0.3, -0.25) is 14.7 Å². The Morgan fingerprint density at radius 1 is 1.38 bits per heavy atom. The number of nitrogens with zero attached hydrogens (tertiary/aromatic N) is 2. The fourth-order valence-corrected chi connectivity index (χ4v) is 4.25. The van der Waals surface area contributed by atoms with Gasteiger partial charge >= 0.3 is 0 Å². The number of primary amides is 1. The molecule has 4 heterocycles. The molecule has 0 aliphatic carbocycles. The molecule has 0 aromatic carbocycles. The first-order chi connectivity index (χ1) is 12.6. The van der Waals surface area contributed by atoms with Crippen molar-refractivity contribution in [1.29, 1.82) is 0 Å². The van der Waals surface area contributed by atoms with Gasteiger partial charge in [0.1, 0.15) is 6.10 Å². The van der Waals surface area contributed by atoms with Gasteiger partial charge in [-0.15, -0.1) is 0 Å². The van der Waals surface area contributed by atoms with Crippen LogP contribution in [0.15, 0.2) is 24.4 Å². The zero-order valence-corrected chi connectivity index (χ0v) is 14.7. The number of carbonyl (C=O) groups excluding carboxylic acids is 1. The summed E-state index contributed by atoms with van der Waals surface area (Å²) in [6.45, 7) is 2.44. The molecule has 5 atom stereocenters. The highest BCUT2D eigenvalue weighted by molar-refractivity contribution is 5.76. The second-order valence-corrected chi connectivity index (χ2v) is 7.30. The first-order valence-electron chi connectivity index (χ1n) is 9.25. The minimum atomic E-state index is -0.616. The van der Waals surface area contributed by atoms with Crippen LogP contribution in [0.4, 0.5) is 0 Å². The van der Waals surface area contributed by atoms with Crippen molar-refractivity contribution in [2.24, 2.45) is 11.7 Å². The molecule has 8 nitrogen and oxygen atoms in total. The summed E-state index contributed by atoms with van der Waals surface area (Å²) in [6, 6.07) is 5.29. The van der Waals surface area contributed by atoms with Gasteiger partial charge in [-0.05, 0) is 38.1 Å². The average Bonchev–Trinajstić information content (AvgIpc) is 3.08. The molecule has 1 amide bonds. The molecule has 8 heteroatoms. The molecule has 0 saturated carbocycles. The standard InChI is InChI=1S/C18H26N4O4/c19-17(24)11-4-7-22(8-5-11)15-16(23)14(13-10-25-18(15)26-13)21-9-12-3-1-2-6-20-12/h1-3,6,11,13-16,18,21,23H,4-5,7-10H2,(H2,19,24)/t13-,14-,15+,16-,18+/m0/s1. The smallest absolute Gasteiger partial charge is 0.220 e. The third kappa shape index (κ3) is 3.47. The summed E-state index contributed by atoms with van der Waals surface area (Å²) in [6.07, 6.45) is 1.97. The van der Waals surface area contributed by atoms with Crippen LogP contribution in [0.1, 0.15) is 18.5 Å². The molecule has 0 unspecified atom stereocenters. The Balaban J connectivity index is 1.42. The number of pyridine rings is 1. The van der Waals surface area contributed by atoms with Gasteiger partial charge in [0.15, 0.2) is 6.29 Å². The number of piperidine rings is 1. The number of aliphatic hydroxyl groups excluding tert-OH is 1. The largest absolute Gasteiger partial charge is 0.390 e. The van der Waals surface area contributed by atoms with Crippen LogP contribution in [0.25, 0.3) is 0 Å². The van der Waals surface area contributed by atoms with E-state index in [1.807, 2.05) is 18.2 Å².